The molecule has 0 heterocycles. The largest absolute Gasteiger partial charge is 0.496 e. The zero-order valence-electron chi connectivity index (χ0n) is 9.91. The van der Waals surface area contributed by atoms with Gasteiger partial charge in [-0.1, -0.05) is 12.1 Å². The van der Waals surface area contributed by atoms with E-state index in [4.69, 9.17) is 4.74 Å². The molecule has 2 rings (SSSR count). The van der Waals surface area contributed by atoms with E-state index in [-0.39, 0.29) is 5.82 Å². The van der Waals surface area contributed by atoms with Crippen LogP contribution in [0.1, 0.15) is 5.56 Å². The summed E-state index contributed by atoms with van der Waals surface area (Å²) in [5, 5.41) is 3.23. The van der Waals surface area contributed by atoms with Crippen molar-refractivity contribution in [2.45, 2.75) is 6.54 Å². The molecule has 0 fully saturated rings. The molecule has 0 amide bonds. The first-order valence-electron chi connectivity index (χ1n) is 5.51. The highest BCUT2D eigenvalue weighted by Gasteiger charge is 2.01. The predicted octanol–water partition coefficient (Wildman–Crippen LogP) is 4.21. The predicted molar refractivity (Wildman–Crippen MR) is 74.4 cm³/mol. The third-order valence-corrected chi connectivity index (χ3v) is 3.16. The number of methoxy groups -OCH3 is 1. The Morgan fingerprint density at radius 3 is 2.72 bits per heavy atom. The molecule has 18 heavy (non-hydrogen) atoms. The van der Waals surface area contributed by atoms with Crippen LogP contribution >= 0.6 is 15.9 Å². The third-order valence-electron chi connectivity index (χ3n) is 2.54. The van der Waals surface area contributed by atoms with Crippen LogP contribution in [0.2, 0.25) is 0 Å². The van der Waals surface area contributed by atoms with Crippen molar-refractivity contribution < 1.29 is 9.13 Å². The zero-order chi connectivity index (χ0) is 13.0. The Kier molecular flexibility index (Phi) is 4.20. The molecule has 0 atom stereocenters. The van der Waals surface area contributed by atoms with Gasteiger partial charge in [0.05, 0.1) is 11.6 Å². The number of halogens is 2. The van der Waals surface area contributed by atoms with E-state index in [1.807, 2.05) is 24.3 Å². The molecule has 94 valence electrons. The summed E-state index contributed by atoms with van der Waals surface area (Å²) < 4.78 is 19.0. The Morgan fingerprint density at radius 1 is 1.22 bits per heavy atom. The summed E-state index contributed by atoms with van der Waals surface area (Å²) in [6, 6.07) is 12.3. The second kappa shape index (κ2) is 5.87. The second-order valence-electron chi connectivity index (χ2n) is 3.83. The first-order chi connectivity index (χ1) is 8.69. The summed E-state index contributed by atoms with van der Waals surface area (Å²) in [5.41, 5.74) is 1.86. The molecule has 2 aromatic carbocycles. The second-order valence-corrected chi connectivity index (χ2v) is 4.69. The van der Waals surface area contributed by atoms with Crippen LogP contribution in [0.5, 0.6) is 5.75 Å². The lowest BCUT2D eigenvalue weighted by atomic mass is 10.2. The van der Waals surface area contributed by atoms with Crippen molar-refractivity contribution >= 4 is 21.6 Å². The van der Waals surface area contributed by atoms with Gasteiger partial charge in [0.1, 0.15) is 11.6 Å². The fourth-order valence-electron chi connectivity index (χ4n) is 1.63. The number of hydrogen-bond acceptors (Lipinski definition) is 2. The van der Waals surface area contributed by atoms with Gasteiger partial charge >= 0.3 is 0 Å². The van der Waals surface area contributed by atoms with Crippen LogP contribution in [-0.4, -0.2) is 7.11 Å². The molecule has 4 heteroatoms. The van der Waals surface area contributed by atoms with Crippen LogP contribution in [0.4, 0.5) is 10.1 Å². The van der Waals surface area contributed by atoms with Crippen LogP contribution in [-0.2, 0) is 6.54 Å². The molecular weight excluding hydrogens is 297 g/mol. The van der Waals surface area contributed by atoms with E-state index < -0.39 is 0 Å². The Hall–Kier alpha value is -1.55. The van der Waals surface area contributed by atoms with Crippen LogP contribution in [0.15, 0.2) is 46.9 Å². The fourth-order valence-corrected chi connectivity index (χ4v) is 2.17. The van der Waals surface area contributed by atoms with Crippen molar-refractivity contribution in [3.63, 3.8) is 0 Å². The topological polar surface area (TPSA) is 21.3 Å². The smallest absolute Gasteiger partial charge is 0.133 e. The Labute approximate surface area is 114 Å². The van der Waals surface area contributed by atoms with E-state index in [0.717, 1.165) is 21.5 Å². The molecule has 1 N–H and O–H groups in total. The monoisotopic (exact) mass is 309 g/mol. The van der Waals surface area contributed by atoms with Crippen LogP contribution in [0.25, 0.3) is 0 Å². The molecule has 0 aliphatic heterocycles. The van der Waals surface area contributed by atoms with Gasteiger partial charge < -0.3 is 10.1 Å². The van der Waals surface area contributed by atoms with Crippen molar-refractivity contribution in [3.05, 3.63) is 58.3 Å². The number of rotatable bonds is 4. The first-order valence-corrected chi connectivity index (χ1v) is 6.30. The molecule has 0 unspecified atom stereocenters. The highest BCUT2D eigenvalue weighted by molar-refractivity contribution is 9.10. The summed E-state index contributed by atoms with van der Waals surface area (Å²) in [5.74, 6) is 0.566. The SMILES string of the molecule is COc1ccc(NCc2cccc(F)c2)cc1Br. The van der Waals surface area contributed by atoms with Crippen LogP contribution in [0, 0.1) is 5.82 Å². The molecule has 0 aliphatic rings. The van der Waals surface area contributed by atoms with E-state index in [9.17, 15) is 4.39 Å². The van der Waals surface area contributed by atoms with E-state index in [2.05, 4.69) is 21.2 Å². The maximum Gasteiger partial charge on any atom is 0.133 e. The standard InChI is InChI=1S/C14H13BrFNO/c1-18-14-6-5-12(8-13(14)15)17-9-10-3-2-4-11(16)7-10/h2-8,17H,9H2,1H3. The van der Waals surface area contributed by atoms with E-state index >= 15 is 0 Å². The molecule has 0 aliphatic carbocycles. The minimum Gasteiger partial charge on any atom is -0.496 e. The summed E-state index contributed by atoms with van der Waals surface area (Å²) in [7, 11) is 1.62. The average Bonchev–Trinajstić information content (AvgIpc) is 2.37. The van der Waals surface area contributed by atoms with E-state index in [0.29, 0.717) is 6.54 Å². The summed E-state index contributed by atoms with van der Waals surface area (Å²) in [6.07, 6.45) is 0. The van der Waals surface area contributed by atoms with Crippen molar-refractivity contribution in [1.29, 1.82) is 0 Å². The number of anilines is 1. The minimum atomic E-state index is -0.217. The van der Waals surface area contributed by atoms with Gasteiger partial charge in [0.2, 0.25) is 0 Å². The zero-order valence-corrected chi connectivity index (χ0v) is 11.5. The molecule has 0 radical (unpaired) electrons. The van der Waals surface area contributed by atoms with Crippen LogP contribution < -0.4 is 10.1 Å². The Balaban J connectivity index is 2.04. The molecule has 0 aromatic heterocycles. The molecular formula is C14H13BrFNO. The molecule has 2 nitrogen and oxygen atoms in total. The summed E-state index contributed by atoms with van der Waals surface area (Å²) in [4.78, 5) is 0. The highest BCUT2D eigenvalue weighted by atomic mass is 79.9. The van der Waals surface area contributed by atoms with Gasteiger partial charge in [0.15, 0.2) is 0 Å². The number of ether oxygens (including phenoxy) is 1. The Bertz CT molecular complexity index is 545. The van der Waals surface area contributed by atoms with Gasteiger partial charge in [-0.25, -0.2) is 4.39 Å². The van der Waals surface area contributed by atoms with Crippen molar-refractivity contribution in [2.24, 2.45) is 0 Å². The Morgan fingerprint density at radius 2 is 2.06 bits per heavy atom. The van der Waals surface area contributed by atoms with Gasteiger partial charge in [-0.3, -0.25) is 0 Å². The number of hydrogen-bond donors (Lipinski definition) is 1. The average molecular weight is 310 g/mol. The molecule has 0 saturated heterocycles. The third kappa shape index (κ3) is 3.23. The van der Waals surface area contributed by atoms with Crippen molar-refractivity contribution in [3.8, 4) is 5.75 Å². The normalized spacial score (nSPS) is 10.2. The first kappa shape index (κ1) is 12.9. The highest BCUT2D eigenvalue weighted by Crippen LogP contribution is 2.27. The number of benzene rings is 2. The summed E-state index contributed by atoms with van der Waals surface area (Å²) >= 11 is 3.42. The van der Waals surface area contributed by atoms with Gasteiger partial charge in [-0.15, -0.1) is 0 Å². The lowest BCUT2D eigenvalue weighted by Gasteiger charge is -2.09. The molecule has 0 spiro atoms. The number of nitrogens with one attached hydrogen (secondary N) is 1. The molecule has 0 bridgehead atoms. The maximum absolute atomic E-state index is 13.0. The van der Waals surface area contributed by atoms with Crippen molar-refractivity contribution in [1.82, 2.24) is 0 Å². The van der Waals surface area contributed by atoms with E-state index in [1.165, 1.54) is 12.1 Å². The van der Waals surface area contributed by atoms with Gasteiger partial charge in [0.25, 0.3) is 0 Å². The quantitative estimate of drug-likeness (QED) is 0.913. The van der Waals surface area contributed by atoms with Crippen LogP contribution in [0.3, 0.4) is 0 Å². The van der Waals surface area contributed by atoms with Gasteiger partial charge in [-0.2, -0.15) is 0 Å². The molecule has 2 aromatic rings. The van der Waals surface area contributed by atoms with Gasteiger partial charge in [-0.05, 0) is 51.8 Å². The maximum atomic E-state index is 13.0. The van der Waals surface area contributed by atoms with Crippen molar-refractivity contribution in [2.75, 3.05) is 12.4 Å². The van der Waals surface area contributed by atoms with E-state index in [1.54, 1.807) is 13.2 Å². The lowest BCUT2D eigenvalue weighted by molar-refractivity contribution is 0.412. The lowest BCUT2D eigenvalue weighted by Crippen LogP contribution is -1.99. The summed E-state index contributed by atoms with van der Waals surface area (Å²) in [6.45, 7) is 0.580. The fraction of sp³-hybridized carbons (Fsp3) is 0.143. The van der Waals surface area contributed by atoms with Gasteiger partial charge in [0, 0.05) is 12.2 Å². The molecule has 0 saturated carbocycles. The minimum absolute atomic E-state index is 0.217.